The highest BCUT2D eigenvalue weighted by molar-refractivity contribution is 5.88. The first-order chi connectivity index (χ1) is 13.1. The minimum atomic E-state index is -0.344. The van der Waals surface area contributed by atoms with E-state index < -0.39 is 0 Å². The Labute approximate surface area is 162 Å². The second-order valence-electron chi connectivity index (χ2n) is 7.63. The Kier molecular flexibility index (Phi) is 7.24. The molecule has 0 aromatic heterocycles. The lowest BCUT2D eigenvalue weighted by molar-refractivity contribution is -0.148. The molecule has 2 aliphatic rings. The summed E-state index contributed by atoms with van der Waals surface area (Å²) in [6.07, 6.45) is 3.39. The van der Waals surface area contributed by atoms with Crippen LogP contribution < -0.4 is 5.32 Å². The van der Waals surface area contributed by atoms with Crippen molar-refractivity contribution in [1.29, 1.82) is 0 Å². The fourth-order valence-corrected chi connectivity index (χ4v) is 3.85. The number of unbranched alkanes of at least 4 members (excludes halogenated alkanes) is 1. The van der Waals surface area contributed by atoms with Gasteiger partial charge in [-0.25, -0.2) is 0 Å². The third kappa shape index (κ3) is 5.53. The second-order valence-corrected chi connectivity index (χ2v) is 7.63. The van der Waals surface area contributed by atoms with Crippen LogP contribution in [-0.4, -0.2) is 85.4 Å². The molecule has 1 unspecified atom stereocenters. The molecule has 6 nitrogen and oxygen atoms in total. The molecule has 1 aromatic rings. The van der Waals surface area contributed by atoms with Gasteiger partial charge in [0.25, 0.3) is 0 Å². The zero-order valence-corrected chi connectivity index (χ0v) is 16.4. The lowest BCUT2D eigenvalue weighted by atomic mass is 10.1. The summed E-state index contributed by atoms with van der Waals surface area (Å²) in [5.41, 5.74) is 1.32. The number of benzene rings is 1. The van der Waals surface area contributed by atoms with E-state index in [2.05, 4.69) is 41.5 Å². The van der Waals surface area contributed by atoms with Crippen LogP contribution in [0.1, 0.15) is 24.8 Å². The van der Waals surface area contributed by atoms with Crippen LogP contribution in [-0.2, 0) is 16.0 Å². The van der Waals surface area contributed by atoms with Gasteiger partial charge in [-0.1, -0.05) is 30.3 Å². The number of hydrogen-bond acceptors (Lipinski definition) is 4. The molecule has 1 atom stereocenters. The number of amides is 2. The van der Waals surface area contributed by atoms with Crippen LogP contribution in [0.15, 0.2) is 30.3 Å². The van der Waals surface area contributed by atoms with E-state index in [9.17, 15) is 9.59 Å². The monoisotopic (exact) mass is 372 g/mol. The Morgan fingerprint density at radius 1 is 1.04 bits per heavy atom. The first kappa shape index (κ1) is 19.8. The van der Waals surface area contributed by atoms with Gasteiger partial charge < -0.3 is 20.0 Å². The standard InChI is InChI=1S/C21H32N4O2/c1-23-13-15-24(16-14-23)21(27)19-17-22-11-12-25(19)20(26)10-6-5-9-18-7-3-2-4-8-18/h2-4,7-8,19,22H,5-6,9-17H2,1H3. The van der Waals surface area contributed by atoms with Gasteiger partial charge in [0.1, 0.15) is 6.04 Å². The van der Waals surface area contributed by atoms with Crippen molar-refractivity contribution in [1.82, 2.24) is 20.0 Å². The number of rotatable bonds is 6. The fourth-order valence-electron chi connectivity index (χ4n) is 3.85. The first-order valence-electron chi connectivity index (χ1n) is 10.2. The van der Waals surface area contributed by atoms with E-state index in [1.807, 2.05) is 15.9 Å². The Balaban J connectivity index is 1.48. The quantitative estimate of drug-likeness (QED) is 0.756. The lowest BCUT2D eigenvalue weighted by Gasteiger charge is -2.40. The van der Waals surface area contributed by atoms with Crippen molar-refractivity contribution < 1.29 is 9.59 Å². The fraction of sp³-hybridized carbons (Fsp3) is 0.619. The van der Waals surface area contributed by atoms with Gasteiger partial charge in [-0.2, -0.15) is 0 Å². The predicted molar refractivity (Wildman–Crippen MR) is 106 cm³/mol. The minimum Gasteiger partial charge on any atom is -0.338 e. The molecule has 2 amide bonds. The van der Waals surface area contributed by atoms with Crippen molar-refractivity contribution in [2.45, 2.75) is 31.7 Å². The highest BCUT2D eigenvalue weighted by Gasteiger charge is 2.35. The normalized spacial score (nSPS) is 21.3. The zero-order valence-electron chi connectivity index (χ0n) is 16.4. The van der Waals surface area contributed by atoms with Gasteiger partial charge in [0.2, 0.25) is 11.8 Å². The molecule has 0 spiro atoms. The average Bonchev–Trinajstić information content (AvgIpc) is 2.72. The summed E-state index contributed by atoms with van der Waals surface area (Å²) in [6, 6.07) is 10.0. The molecular weight excluding hydrogens is 340 g/mol. The maximum atomic E-state index is 13.0. The topological polar surface area (TPSA) is 55.9 Å². The van der Waals surface area contributed by atoms with E-state index >= 15 is 0 Å². The highest BCUT2D eigenvalue weighted by Crippen LogP contribution is 2.14. The molecule has 0 radical (unpaired) electrons. The summed E-state index contributed by atoms with van der Waals surface area (Å²) in [5, 5.41) is 3.29. The summed E-state index contributed by atoms with van der Waals surface area (Å²) < 4.78 is 0. The maximum absolute atomic E-state index is 13.0. The zero-order chi connectivity index (χ0) is 19.1. The van der Waals surface area contributed by atoms with Gasteiger partial charge in [0, 0.05) is 52.2 Å². The Hall–Kier alpha value is -1.92. The van der Waals surface area contributed by atoms with Crippen molar-refractivity contribution in [2.24, 2.45) is 0 Å². The molecule has 0 aliphatic carbocycles. The highest BCUT2D eigenvalue weighted by atomic mass is 16.2. The van der Waals surface area contributed by atoms with Crippen LogP contribution in [0.2, 0.25) is 0 Å². The molecule has 0 bridgehead atoms. The van der Waals surface area contributed by atoms with Crippen molar-refractivity contribution in [3.63, 3.8) is 0 Å². The van der Waals surface area contributed by atoms with Crippen LogP contribution in [0.4, 0.5) is 0 Å². The van der Waals surface area contributed by atoms with E-state index in [1.54, 1.807) is 0 Å². The largest absolute Gasteiger partial charge is 0.338 e. The minimum absolute atomic E-state index is 0.105. The number of likely N-dealkylation sites (N-methyl/N-ethyl adjacent to an activating group) is 1. The molecule has 1 N–H and O–H groups in total. The summed E-state index contributed by atoms with van der Waals surface area (Å²) in [7, 11) is 2.08. The lowest BCUT2D eigenvalue weighted by Crippen LogP contribution is -2.62. The molecule has 0 saturated carbocycles. The number of hydrogen-bond donors (Lipinski definition) is 1. The van der Waals surface area contributed by atoms with Crippen LogP contribution in [0.3, 0.4) is 0 Å². The van der Waals surface area contributed by atoms with Crippen LogP contribution >= 0.6 is 0 Å². The van der Waals surface area contributed by atoms with Crippen LogP contribution in [0, 0.1) is 0 Å². The van der Waals surface area contributed by atoms with Gasteiger partial charge in [-0.05, 0) is 31.9 Å². The first-order valence-corrected chi connectivity index (χ1v) is 10.2. The van der Waals surface area contributed by atoms with Gasteiger partial charge in [-0.15, -0.1) is 0 Å². The third-order valence-electron chi connectivity index (χ3n) is 5.61. The van der Waals surface area contributed by atoms with Gasteiger partial charge in [0.15, 0.2) is 0 Å². The molecule has 2 fully saturated rings. The van der Waals surface area contributed by atoms with E-state index in [4.69, 9.17) is 0 Å². The average molecular weight is 373 g/mol. The summed E-state index contributed by atoms with van der Waals surface area (Å²) in [4.78, 5) is 31.7. The number of piperazine rings is 2. The SMILES string of the molecule is CN1CCN(C(=O)C2CNCCN2C(=O)CCCCc2ccccc2)CC1. The predicted octanol–water partition coefficient (Wildman–Crippen LogP) is 0.974. The maximum Gasteiger partial charge on any atom is 0.246 e. The van der Waals surface area contributed by atoms with Gasteiger partial charge in [0.05, 0.1) is 0 Å². The smallest absolute Gasteiger partial charge is 0.246 e. The molecular formula is C21H32N4O2. The number of nitrogens with one attached hydrogen (secondary N) is 1. The second kappa shape index (κ2) is 9.85. The number of aryl methyl sites for hydroxylation is 1. The van der Waals surface area contributed by atoms with Crippen molar-refractivity contribution in [3.8, 4) is 0 Å². The summed E-state index contributed by atoms with van der Waals surface area (Å²) >= 11 is 0. The number of carbonyl (C=O) groups is 2. The van der Waals surface area contributed by atoms with Crippen molar-refractivity contribution in [2.75, 3.05) is 52.9 Å². The summed E-state index contributed by atoms with van der Waals surface area (Å²) in [5.74, 6) is 0.227. The summed E-state index contributed by atoms with van der Waals surface area (Å²) in [6.45, 7) is 5.28. The molecule has 2 heterocycles. The third-order valence-corrected chi connectivity index (χ3v) is 5.61. The molecule has 2 saturated heterocycles. The Morgan fingerprint density at radius 2 is 1.78 bits per heavy atom. The van der Waals surface area contributed by atoms with E-state index in [1.165, 1.54) is 5.56 Å². The molecule has 27 heavy (non-hydrogen) atoms. The molecule has 148 valence electrons. The van der Waals surface area contributed by atoms with E-state index in [0.29, 0.717) is 19.5 Å². The molecule has 3 rings (SSSR count). The van der Waals surface area contributed by atoms with Crippen molar-refractivity contribution >= 4 is 11.8 Å². The number of carbonyl (C=O) groups excluding carboxylic acids is 2. The van der Waals surface area contributed by atoms with Gasteiger partial charge >= 0.3 is 0 Å². The van der Waals surface area contributed by atoms with Crippen LogP contribution in [0.5, 0.6) is 0 Å². The van der Waals surface area contributed by atoms with E-state index in [0.717, 1.165) is 52.0 Å². The van der Waals surface area contributed by atoms with Gasteiger partial charge in [-0.3, -0.25) is 9.59 Å². The Bertz CT molecular complexity index is 614. The molecule has 1 aromatic carbocycles. The number of nitrogens with zero attached hydrogens (tertiary/aromatic N) is 3. The Morgan fingerprint density at radius 3 is 2.52 bits per heavy atom. The van der Waals surface area contributed by atoms with Crippen LogP contribution in [0.25, 0.3) is 0 Å². The molecule has 2 aliphatic heterocycles. The van der Waals surface area contributed by atoms with E-state index in [-0.39, 0.29) is 17.9 Å². The van der Waals surface area contributed by atoms with Crippen molar-refractivity contribution in [3.05, 3.63) is 35.9 Å². The molecule has 6 heteroatoms.